The normalized spacial score (nSPS) is 17.7. The van der Waals surface area contributed by atoms with E-state index in [-0.39, 0.29) is 11.1 Å². The summed E-state index contributed by atoms with van der Waals surface area (Å²) in [6, 6.07) is 18.9. The average molecular weight is 445 g/mol. The molecule has 4 rings (SSSR count). The molecule has 5 nitrogen and oxygen atoms in total. The highest BCUT2D eigenvalue weighted by Crippen LogP contribution is 2.34. The molecule has 0 bridgehead atoms. The highest BCUT2D eigenvalue weighted by atomic mass is 16.5. The number of hydrogen-bond acceptors (Lipinski definition) is 5. The largest absolute Gasteiger partial charge is 0.487 e. The van der Waals surface area contributed by atoms with Crippen LogP contribution < -0.4 is 10.1 Å². The van der Waals surface area contributed by atoms with Gasteiger partial charge in [0, 0.05) is 54.4 Å². The summed E-state index contributed by atoms with van der Waals surface area (Å²) in [6.07, 6.45) is 7.81. The zero-order valence-electron chi connectivity index (χ0n) is 20.3. The minimum absolute atomic E-state index is 0.0780. The number of aromatic nitrogens is 2. The maximum atomic E-state index is 6.23. The Labute approximate surface area is 198 Å². The molecular formula is C28H36N4O. The molecule has 1 aliphatic rings. The van der Waals surface area contributed by atoms with Crippen LogP contribution in [0.15, 0.2) is 73.2 Å². The summed E-state index contributed by atoms with van der Waals surface area (Å²) in [5, 5.41) is 3.82. The van der Waals surface area contributed by atoms with Crippen molar-refractivity contribution in [2.24, 2.45) is 0 Å². The third kappa shape index (κ3) is 6.62. The van der Waals surface area contributed by atoms with Gasteiger partial charge in [0.2, 0.25) is 0 Å². The van der Waals surface area contributed by atoms with Crippen molar-refractivity contribution in [1.29, 1.82) is 0 Å². The fourth-order valence-electron chi connectivity index (χ4n) is 5.20. The Kier molecular flexibility index (Phi) is 7.11. The van der Waals surface area contributed by atoms with Crippen LogP contribution >= 0.6 is 0 Å². The molecule has 3 aromatic rings. The second-order valence-corrected chi connectivity index (χ2v) is 10.4. The van der Waals surface area contributed by atoms with Crippen LogP contribution in [-0.4, -0.2) is 32.0 Å². The van der Waals surface area contributed by atoms with Gasteiger partial charge in [0.05, 0.1) is 5.69 Å². The first-order valence-electron chi connectivity index (χ1n) is 11.8. The van der Waals surface area contributed by atoms with Crippen molar-refractivity contribution < 1.29 is 4.74 Å². The summed E-state index contributed by atoms with van der Waals surface area (Å²) in [5.41, 5.74) is 3.52. The number of pyridine rings is 2. The van der Waals surface area contributed by atoms with Gasteiger partial charge in [0.25, 0.3) is 0 Å². The fraction of sp³-hybridized carbons (Fsp3) is 0.429. The molecule has 1 fully saturated rings. The van der Waals surface area contributed by atoms with Crippen LogP contribution in [0.1, 0.15) is 57.4 Å². The Morgan fingerprint density at radius 3 is 2.36 bits per heavy atom. The SMILES string of the molecule is CC1(C)CC(N(Cc2cccnc2)Cc2ccccc2OCc2ccccn2)CC(C)(C)N1. The second kappa shape index (κ2) is 10.0. The Morgan fingerprint density at radius 2 is 1.67 bits per heavy atom. The Hall–Kier alpha value is -2.76. The number of hydrogen-bond donors (Lipinski definition) is 1. The van der Waals surface area contributed by atoms with Crippen molar-refractivity contribution in [3.8, 4) is 5.75 Å². The molecule has 5 heteroatoms. The van der Waals surface area contributed by atoms with Crippen molar-refractivity contribution >= 4 is 0 Å². The zero-order valence-corrected chi connectivity index (χ0v) is 20.3. The highest BCUT2D eigenvalue weighted by molar-refractivity contribution is 5.33. The quantitative estimate of drug-likeness (QED) is 0.506. The number of piperidine rings is 1. The van der Waals surface area contributed by atoms with E-state index in [2.05, 4.69) is 72.1 Å². The first kappa shape index (κ1) is 23.4. The van der Waals surface area contributed by atoms with Gasteiger partial charge in [-0.15, -0.1) is 0 Å². The maximum absolute atomic E-state index is 6.23. The van der Waals surface area contributed by atoms with E-state index < -0.39 is 0 Å². The lowest BCUT2D eigenvalue weighted by Crippen LogP contribution is -2.62. The van der Waals surface area contributed by atoms with E-state index in [9.17, 15) is 0 Å². The summed E-state index contributed by atoms with van der Waals surface area (Å²) in [5.74, 6) is 0.923. The second-order valence-electron chi connectivity index (χ2n) is 10.4. The van der Waals surface area contributed by atoms with Gasteiger partial charge in [-0.1, -0.05) is 30.3 Å². The highest BCUT2D eigenvalue weighted by Gasteiger charge is 2.40. The number of benzene rings is 1. The first-order chi connectivity index (χ1) is 15.8. The van der Waals surface area contributed by atoms with Gasteiger partial charge in [-0.2, -0.15) is 0 Å². The molecular weight excluding hydrogens is 408 g/mol. The van der Waals surface area contributed by atoms with Crippen LogP contribution in [0.4, 0.5) is 0 Å². The van der Waals surface area contributed by atoms with E-state index in [4.69, 9.17) is 4.74 Å². The minimum atomic E-state index is 0.0780. The Morgan fingerprint density at radius 1 is 0.909 bits per heavy atom. The Balaban J connectivity index is 1.58. The van der Waals surface area contributed by atoms with Gasteiger partial charge in [-0.25, -0.2) is 0 Å². The van der Waals surface area contributed by atoms with Crippen LogP contribution in [0.5, 0.6) is 5.75 Å². The molecule has 0 amide bonds. The van der Waals surface area contributed by atoms with Crippen LogP contribution in [-0.2, 0) is 19.7 Å². The summed E-state index contributed by atoms with van der Waals surface area (Å²) < 4.78 is 6.23. The van der Waals surface area contributed by atoms with Crippen LogP contribution in [0, 0.1) is 0 Å². The third-order valence-corrected chi connectivity index (χ3v) is 6.24. The minimum Gasteiger partial charge on any atom is -0.487 e. The molecule has 174 valence electrons. The van der Waals surface area contributed by atoms with E-state index in [1.54, 1.807) is 6.20 Å². The van der Waals surface area contributed by atoms with Crippen LogP contribution in [0.3, 0.4) is 0 Å². The predicted molar refractivity (Wildman–Crippen MR) is 133 cm³/mol. The van der Waals surface area contributed by atoms with Gasteiger partial charge in [0.1, 0.15) is 12.4 Å². The number of nitrogens with one attached hydrogen (secondary N) is 1. The molecule has 1 aliphatic heterocycles. The van der Waals surface area contributed by atoms with Crippen LogP contribution in [0.2, 0.25) is 0 Å². The van der Waals surface area contributed by atoms with E-state index >= 15 is 0 Å². The number of ether oxygens (including phenoxy) is 1. The van der Waals surface area contributed by atoms with Gasteiger partial charge in [0.15, 0.2) is 0 Å². The molecule has 2 aromatic heterocycles. The first-order valence-corrected chi connectivity index (χ1v) is 11.8. The van der Waals surface area contributed by atoms with E-state index in [0.29, 0.717) is 12.6 Å². The van der Waals surface area contributed by atoms with Crippen molar-refractivity contribution in [2.75, 3.05) is 0 Å². The molecule has 1 aromatic carbocycles. The standard InChI is InChI=1S/C28H36N4O/c1-27(2)16-25(17-28(3,4)31-27)32(19-22-10-9-14-29-18-22)20-23-11-5-6-13-26(23)33-21-24-12-7-8-15-30-24/h5-15,18,25,31H,16-17,19-21H2,1-4H3. The van der Waals surface area contributed by atoms with Crippen molar-refractivity contribution in [3.63, 3.8) is 0 Å². The summed E-state index contributed by atoms with van der Waals surface area (Å²) in [6.45, 7) is 11.4. The third-order valence-electron chi connectivity index (χ3n) is 6.24. The van der Waals surface area contributed by atoms with Crippen molar-refractivity contribution in [2.45, 2.75) is 77.4 Å². The smallest absolute Gasteiger partial charge is 0.130 e. The molecule has 0 unspecified atom stereocenters. The zero-order chi connectivity index (χ0) is 23.3. The summed E-state index contributed by atoms with van der Waals surface area (Å²) in [7, 11) is 0. The topological polar surface area (TPSA) is 50.3 Å². The van der Waals surface area contributed by atoms with Crippen molar-refractivity contribution in [3.05, 3.63) is 90.0 Å². The molecule has 0 aliphatic carbocycles. The molecule has 33 heavy (non-hydrogen) atoms. The molecule has 3 heterocycles. The van der Waals surface area contributed by atoms with Gasteiger partial charge in [-0.05, 0) is 70.4 Å². The molecule has 0 atom stereocenters. The summed E-state index contributed by atoms with van der Waals surface area (Å²) >= 11 is 0. The lowest BCUT2D eigenvalue weighted by atomic mass is 9.78. The molecule has 0 spiro atoms. The van der Waals surface area contributed by atoms with Crippen molar-refractivity contribution in [1.82, 2.24) is 20.2 Å². The molecule has 0 saturated carbocycles. The average Bonchev–Trinajstić information content (AvgIpc) is 2.77. The number of nitrogens with zero attached hydrogens (tertiary/aromatic N) is 3. The van der Waals surface area contributed by atoms with E-state index in [0.717, 1.165) is 37.4 Å². The molecule has 0 radical (unpaired) electrons. The number of rotatable bonds is 8. The van der Waals surface area contributed by atoms with Gasteiger partial charge < -0.3 is 10.1 Å². The predicted octanol–water partition coefficient (Wildman–Crippen LogP) is 5.37. The van der Waals surface area contributed by atoms with Gasteiger partial charge >= 0.3 is 0 Å². The lowest BCUT2D eigenvalue weighted by Gasteiger charge is -2.49. The monoisotopic (exact) mass is 444 g/mol. The molecule has 1 saturated heterocycles. The van der Waals surface area contributed by atoms with Gasteiger partial charge in [-0.3, -0.25) is 14.9 Å². The lowest BCUT2D eigenvalue weighted by molar-refractivity contribution is 0.0557. The van der Waals surface area contributed by atoms with E-state index in [1.165, 1.54) is 11.1 Å². The Bertz CT molecular complexity index is 1000. The van der Waals surface area contributed by atoms with E-state index in [1.807, 2.05) is 42.7 Å². The number of para-hydroxylation sites is 1. The summed E-state index contributed by atoms with van der Waals surface area (Å²) in [4.78, 5) is 11.4. The maximum Gasteiger partial charge on any atom is 0.130 e. The molecule has 1 N–H and O–H groups in total. The van der Waals surface area contributed by atoms with Crippen LogP contribution in [0.25, 0.3) is 0 Å². The fourth-order valence-corrected chi connectivity index (χ4v) is 5.20.